The predicted octanol–water partition coefficient (Wildman–Crippen LogP) is 4.73. The molecule has 1 atom stereocenters. The topological polar surface area (TPSA) is 51.5 Å². The lowest BCUT2D eigenvalue weighted by Gasteiger charge is -2.27. The molecule has 0 aliphatic heterocycles. The Hall–Kier alpha value is -2.54. The third-order valence-corrected chi connectivity index (χ3v) is 5.13. The second-order valence-corrected chi connectivity index (χ2v) is 7.02. The number of aliphatic hydroxyl groups is 1. The highest BCUT2D eigenvalue weighted by molar-refractivity contribution is 6.06. The van der Waals surface area contributed by atoms with E-state index in [2.05, 4.69) is 0 Å². The monoisotopic (exact) mass is 393 g/mol. The van der Waals surface area contributed by atoms with E-state index < -0.39 is 11.8 Å². The Bertz CT molecular complexity index is 1080. The molecule has 0 bridgehead atoms. The highest BCUT2D eigenvalue weighted by Gasteiger charge is 2.51. The lowest BCUT2D eigenvalue weighted by molar-refractivity contribution is -0.258. The average molecular weight is 393 g/mol. The van der Waals surface area contributed by atoms with Gasteiger partial charge in [0, 0.05) is 22.7 Å². The summed E-state index contributed by atoms with van der Waals surface area (Å²) in [7, 11) is 1.48. The smallest absolute Gasteiger partial charge is 0.421 e. The van der Waals surface area contributed by atoms with Crippen molar-refractivity contribution in [2.45, 2.75) is 45.0 Å². The van der Waals surface area contributed by atoms with E-state index in [4.69, 9.17) is 4.74 Å². The van der Waals surface area contributed by atoms with E-state index in [-0.39, 0.29) is 11.1 Å². The number of fused-ring (bicyclic) bond motifs is 3. The summed E-state index contributed by atoms with van der Waals surface area (Å²) < 4.78 is 46.8. The van der Waals surface area contributed by atoms with E-state index in [1.165, 1.54) is 25.3 Å². The number of aromatic nitrogens is 1. The minimum absolute atomic E-state index is 0.200. The van der Waals surface area contributed by atoms with Gasteiger partial charge in [-0.25, -0.2) is 0 Å². The molecule has 4 nitrogen and oxygen atoms in total. The first-order valence-electron chi connectivity index (χ1n) is 9.05. The summed E-state index contributed by atoms with van der Waals surface area (Å²) >= 11 is 0. The van der Waals surface area contributed by atoms with Crippen molar-refractivity contribution < 1.29 is 23.0 Å². The first-order valence-corrected chi connectivity index (χ1v) is 9.05. The molecule has 0 amide bonds. The number of hydrogen-bond donors (Lipinski definition) is 1. The van der Waals surface area contributed by atoms with Crippen molar-refractivity contribution in [3.05, 3.63) is 52.3 Å². The van der Waals surface area contributed by atoms with Gasteiger partial charge < -0.3 is 14.4 Å². The van der Waals surface area contributed by atoms with Crippen LogP contribution in [0.2, 0.25) is 0 Å². The van der Waals surface area contributed by atoms with Crippen LogP contribution in [0.1, 0.15) is 32.3 Å². The van der Waals surface area contributed by atoms with E-state index in [1.54, 1.807) is 22.8 Å². The van der Waals surface area contributed by atoms with Crippen LogP contribution in [-0.2, 0) is 12.1 Å². The first-order chi connectivity index (χ1) is 13.1. The van der Waals surface area contributed by atoms with Crippen molar-refractivity contribution in [1.29, 1.82) is 0 Å². The molecule has 7 heteroatoms. The number of pyridine rings is 1. The molecule has 1 N–H and O–H groups in total. The zero-order chi connectivity index (χ0) is 20.7. The van der Waals surface area contributed by atoms with Crippen LogP contribution < -0.4 is 10.3 Å². The number of halogens is 3. The van der Waals surface area contributed by atoms with E-state index in [0.717, 1.165) is 19.8 Å². The number of hydrogen-bond acceptors (Lipinski definition) is 3. The second-order valence-electron chi connectivity index (χ2n) is 7.02. The summed E-state index contributed by atoms with van der Waals surface area (Å²) in [6, 6.07) is 8.91. The van der Waals surface area contributed by atoms with Gasteiger partial charge in [-0.1, -0.05) is 19.4 Å². The van der Waals surface area contributed by atoms with Gasteiger partial charge in [0.2, 0.25) is 0 Å². The molecule has 2 aromatic carbocycles. The minimum atomic E-state index is -4.83. The quantitative estimate of drug-likeness (QED) is 0.638. The van der Waals surface area contributed by atoms with Crippen LogP contribution in [0.5, 0.6) is 5.75 Å². The van der Waals surface area contributed by atoms with Crippen LogP contribution in [0.25, 0.3) is 21.7 Å². The molecule has 1 heterocycles. The molecule has 0 fully saturated rings. The van der Waals surface area contributed by atoms with Crippen molar-refractivity contribution in [3.8, 4) is 5.75 Å². The summed E-state index contributed by atoms with van der Waals surface area (Å²) in [4.78, 5) is 13.0. The fourth-order valence-electron chi connectivity index (χ4n) is 3.31. The first kappa shape index (κ1) is 20.2. The summed E-state index contributed by atoms with van der Waals surface area (Å²) in [6.45, 7) is 3.19. The molecule has 0 spiro atoms. The van der Waals surface area contributed by atoms with Gasteiger partial charge in [0.1, 0.15) is 5.75 Å². The van der Waals surface area contributed by atoms with Crippen molar-refractivity contribution in [1.82, 2.24) is 4.57 Å². The summed E-state index contributed by atoms with van der Waals surface area (Å²) in [5.41, 5.74) is -2.95. The minimum Gasteiger partial charge on any atom is -0.497 e. The maximum absolute atomic E-state index is 13.3. The Morgan fingerprint density at radius 3 is 2.39 bits per heavy atom. The van der Waals surface area contributed by atoms with Crippen molar-refractivity contribution >= 4 is 21.7 Å². The molecule has 28 heavy (non-hydrogen) atoms. The van der Waals surface area contributed by atoms with Crippen molar-refractivity contribution in [2.75, 3.05) is 7.11 Å². The molecular weight excluding hydrogens is 371 g/mol. The Morgan fingerprint density at radius 2 is 1.79 bits per heavy atom. The lowest BCUT2D eigenvalue weighted by atomic mass is 9.92. The molecule has 150 valence electrons. The Labute approximate surface area is 160 Å². The van der Waals surface area contributed by atoms with Gasteiger partial charge in [0.15, 0.2) is 5.60 Å². The number of alkyl halides is 3. The second kappa shape index (κ2) is 7.13. The summed E-state index contributed by atoms with van der Waals surface area (Å²) in [5.74, 6) is 0.493. The number of ether oxygens (including phenoxy) is 1. The number of unbranched alkanes of at least 4 members (excludes halogenated alkanes) is 1. The van der Waals surface area contributed by atoms with Gasteiger partial charge in [0.25, 0.3) is 5.56 Å². The van der Waals surface area contributed by atoms with Crippen LogP contribution in [0.15, 0.2) is 41.2 Å². The molecule has 3 aromatic rings. The predicted molar refractivity (Wildman–Crippen MR) is 103 cm³/mol. The van der Waals surface area contributed by atoms with Gasteiger partial charge in [-0.15, -0.1) is 0 Å². The van der Waals surface area contributed by atoms with Crippen LogP contribution in [0.4, 0.5) is 13.2 Å². The molecule has 1 aromatic heterocycles. The van der Waals surface area contributed by atoms with Crippen LogP contribution in [0, 0.1) is 0 Å². The summed E-state index contributed by atoms with van der Waals surface area (Å²) in [5, 5.41) is 11.5. The number of benzene rings is 2. The third-order valence-electron chi connectivity index (χ3n) is 5.13. The highest BCUT2D eigenvalue weighted by Crippen LogP contribution is 2.40. The lowest BCUT2D eigenvalue weighted by Crippen LogP contribution is -2.39. The largest absolute Gasteiger partial charge is 0.497 e. The normalized spacial score (nSPS) is 14.4. The van der Waals surface area contributed by atoms with Crippen molar-refractivity contribution in [3.63, 3.8) is 0 Å². The number of nitrogens with zero attached hydrogens (tertiary/aromatic N) is 1. The van der Waals surface area contributed by atoms with Crippen LogP contribution >= 0.6 is 0 Å². The van der Waals surface area contributed by atoms with E-state index in [9.17, 15) is 23.1 Å². The Balaban J connectivity index is 2.41. The van der Waals surface area contributed by atoms with Gasteiger partial charge in [-0.3, -0.25) is 4.79 Å². The van der Waals surface area contributed by atoms with Gasteiger partial charge in [-0.2, -0.15) is 13.2 Å². The maximum atomic E-state index is 13.3. The molecule has 1 unspecified atom stereocenters. The summed E-state index contributed by atoms with van der Waals surface area (Å²) in [6.07, 6.45) is -3.20. The molecule has 0 radical (unpaired) electrons. The average Bonchev–Trinajstić information content (AvgIpc) is 2.66. The third kappa shape index (κ3) is 3.24. The SMILES string of the molecule is CCCCn1c(=O)c2ccc(OC)cc2c2cc(C(C)(O)C(F)(F)F)ccc21. The molecule has 0 saturated heterocycles. The number of aryl methyl sites for hydroxylation is 1. The van der Waals surface area contributed by atoms with Crippen LogP contribution in [-0.4, -0.2) is 23.0 Å². The maximum Gasteiger partial charge on any atom is 0.421 e. The molecule has 0 aliphatic carbocycles. The molecule has 0 aliphatic rings. The fourth-order valence-corrected chi connectivity index (χ4v) is 3.31. The van der Waals surface area contributed by atoms with Crippen molar-refractivity contribution in [2.24, 2.45) is 0 Å². The highest BCUT2D eigenvalue weighted by atomic mass is 19.4. The zero-order valence-corrected chi connectivity index (χ0v) is 15.9. The van der Waals surface area contributed by atoms with Gasteiger partial charge >= 0.3 is 6.18 Å². The fraction of sp³-hybridized carbons (Fsp3) is 0.381. The zero-order valence-electron chi connectivity index (χ0n) is 15.9. The molecule has 3 rings (SSSR count). The van der Waals surface area contributed by atoms with E-state index in [1.807, 2.05) is 6.92 Å². The van der Waals surface area contributed by atoms with E-state index in [0.29, 0.717) is 34.0 Å². The molecular formula is C21H22F3NO3. The Kier molecular flexibility index (Phi) is 5.14. The molecule has 0 saturated carbocycles. The van der Waals surface area contributed by atoms with Crippen LogP contribution in [0.3, 0.4) is 0 Å². The van der Waals surface area contributed by atoms with Gasteiger partial charge in [0.05, 0.1) is 12.6 Å². The number of methoxy groups -OCH3 is 1. The number of rotatable bonds is 5. The Morgan fingerprint density at radius 1 is 1.07 bits per heavy atom. The van der Waals surface area contributed by atoms with Gasteiger partial charge in [-0.05, 0) is 49.2 Å². The standard InChI is InChI=1S/C21H22F3NO3/c1-4-5-10-25-18-9-6-13(20(2,27)21(22,23)24)11-17(18)16-12-14(28-3)7-8-15(16)19(25)26/h6-9,11-12,27H,4-5,10H2,1-3H3. The van der Waals surface area contributed by atoms with E-state index >= 15 is 0 Å².